The van der Waals surface area contributed by atoms with Crippen LogP contribution in [0.4, 0.5) is 0 Å². The third-order valence-corrected chi connectivity index (χ3v) is 6.14. The van der Waals surface area contributed by atoms with E-state index in [9.17, 15) is 9.59 Å². The van der Waals surface area contributed by atoms with Crippen molar-refractivity contribution in [3.05, 3.63) is 66.2 Å². The monoisotopic (exact) mass is 452 g/mol. The summed E-state index contributed by atoms with van der Waals surface area (Å²) in [6.45, 7) is 3.50. The van der Waals surface area contributed by atoms with Crippen molar-refractivity contribution in [1.82, 2.24) is 9.80 Å². The van der Waals surface area contributed by atoms with Gasteiger partial charge in [0.2, 0.25) is 11.8 Å². The summed E-state index contributed by atoms with van der Waals surface area (Å²) >= 11 is 0. The molecule has 0 N–H and O–H groups in total. The van der Waals surface area contributed by atoms with Gasteiger partial charge >= 0.3 is 0 Å². The molecule has 3 rings (SSSR count). The Morgan fingerprint density at radius 2 is 1.61 bits per heavy atom. The summed E-state index contributed by atoms with van der Waals surface area (Å²) in [5.41, 5.74) is 1.29. The minimum absolute atomic E-state index is 0.0248. The molecule has 1 fully saturated rings. The number of methoxy groups -OCH3 is 1. The Hall–Kier alpha value is -2.86. The van der Waals surface area contributed by atoms with E-state index in [1.165, 1.54) is 5.56 Å². The largest absolute Gasteiger partial charge is 0.493 e. The molecule has 0 saturated carbocycles. The summed E-state index contributed by atoms with van der Waals surface area (Å²) in [5, 5.41) is 0. The maximum absolute atomic E-state index is 13.2. The Bertz CT molecular complexity index is 836. The number of rotatable bonds is 12. The molecule has 0 aliphatic carbocycles. The third-order valence-electron chi connectivity index (χ3n) is 6.14. The van der Waals surface area contributed by atoms with Crippen LogP contribution in [0.25, 0.3) is 0 Å². The van der Waals surface area contributed by atoms with Gasteiger partial charge in [-0.2, -0.15) is 0 Å². The average molecular weight is 453 g/mol. The highest BCUT2D eigenvalue weighted by Gasteiger charge is 2.30. The highest BCUT2D eigenvalue weighted by molar-refractivity contribution is 5.80. The summed E-state index contributed by atoms with van der Waals surface area (Å²) in [4.78, 5) is 29.6. The molecule has 1 saturated heterocycles. The topological polar surface area (TPSA) is 59.1 Å². The maximum atomic E-state index is 13.2. The lowest BCUT2D eigenvalue weighted by molar-refractivity contribution is -0.141. The van der Waals surface area contributed by atoms with Gasteiger partial charge in [0.25, 0.3) is 0 Å². The van der Waals surface area contributed by atoms with Crippen molar-refractivity contribution in [2.24, 2.45) is 5.92 Å². The number of ether oxygens (including phenoxy) is 2. The molecule has 0 unspecified atom stereocenters. The van der Waals surface area contributed by atoms with Crippen LogP contribution in [0, 0.1) is 5.92 Å². The summed E-state index contributed by atoms with van der Waals surface area (Å²) in [7, 11) is 1.66. The zero-order chi connectivity index (χ0) is 23.3. The van der Waals surface area contributed by atoms with E-state index < -0.39 is 0 Å². The number of benzene rings is 2. The highest BCUT2D eigenvalue weighted by Crippen LogP contribution is 2.21. The van der Waals surface area contributed by atoms with Crippen LogP contribution in [0.15, 0.2) is 60.7 Å². The van der Waals surface area contributed by atoms with E-state index in [0.717, 1.165) is 25.1 Å². The standard InChI is InChI=1S/C27H36N2O4/c1-32-22-20-29(17-8-11-23-9-4-2-5-10-23)27(31)24-14-18-28(19-15-24)26(30)16-21-33-25-12-6-3-7-13-25/h2-7,9-10,12-13,24H,8,11,14-22H2,1H3. The number of hydrogen-bond donors (Lipinski definition) is 0. The van der Waals surface area contributed by atoms with E-state index in [0.29, 0.717) is 52.1 Å². The van der Waals surface area contributed by atoms with Crippen molar-refractivity contribution in [2.45, 2.75) is 32.1 Å². The lowest BCUT2D eigenvalue weighted by Gasteiger charge is -2.34. The van der Waals surface area contributed by atoms with Gasteiger partial charge in [-0.25, -0.2) is 0 Å². The van der Waals surface area contributed by atoms with E-state index in [-0.39, 0.29) is 17.7 Å². The van der Waals surface area contributed by atoms with Crippen molar-refractivity contribution in [2.75, 3.05) is 46.5 Å². The molecule has 6 heteroatoms. The van der Waals surface area contributed by atoms with E-state index in [4.69, 9.17) is 9.47 Å². The van der Waals surface area contributed by atoms with Crippen LogP contribution < -0.4 is 4.74 Å². The normalized spacial score (nSPS) is 14.2. The molecule has 0 radical (unpaired) electrons. The molecule has 0 spiro atoms. The third kappa shape index (κ3) is 8.21. The van der Waals surface area contributed by atoms with Crippen LogP contribution in [-0.4, -0.2) is 68.1 Å². The Morgan fingerprint density at radius 3 is 2.27 bits per heavy atom. The molecular weight excluding hydrogens is 416 g/mol. The van der Waals surface area contributed by atoms with Crippen molar-refractivity contribution in [3.63, 3.8) is 0 Å². The first-order valence-electron chi connectivity index (χ1n) is 11.9. The Kier molecular flexibility index (Phi) is 10.2. The predicted octanol–water partition coefficient (Wildman–Crippen LogP) is 3.80. The minimum Gasteiger partial charge on any atom is -0.493 e. The number of para-hydroxylation sites is 1. The summed E-state index contributed by atoms with van der Waals surface area (Å²) < 4.78 is 10.9. The minimum atomic E-state index is -0.0248. The fraction of sp³-hybridized carbons (Fsp3) is 0.481. The van der Waals surface area contributed by atoms with Crippen molar-refractivity contribution in [3.8, 4) is 5.75 Å². The molecule has 2 amide bonds. The average Bonchev–Trinajstić information content (AvgIpc) is 2.87. The Morgan fingerprint density at radius 1 is 0.939 bits per heavy atom. The van der Waals surface area contributed by atoms with Gasteiger partial charge < -0.3 is 19.3 Å². The molecular formula is C27H36N2O4. The smallest absolute Gasteiger partial charge is 0.225 e. The molecule has 2 aromatic carbocycles. The quantitative estimate of drug-likeness (QED) is 0.492. The number of nitrogens with zero attached hydrogens (tertiary/aromatic N) is 2. The van der Waals surface area contributed by atoms with E-state index >= 15 is 0 Å². The number of carbonyl (C=O) groups excluding carboxylic acids is 2. The lowest BCUT2D eigenvalue weighted by atomic mass is 9.94. The van der Waals surface area contributed by atoms with Gasteiger partial charge in [0.1, 0.15) is 5.75 Å². The van der Waals surface area contributed by atoms with Crippen LogP contribution in [0.3, 0.4) is 0 Å². The zero-order valence-electron chi connectivity index (χ0n) is 19.7. The van der Waals surface area contributed by atoms with E-state index in [1.807, 2.05) is 58.3 Å². The van der Waals surface area contributed by atoms with Crippen LogP contribution in [0.1, 0.15) is 31.2 Å². The summed E-state index contributed by atoms with van der Waals surface area (Å²) in [6, 6.07) is 19.9. The predicted molar refractivity (Wildman–Crippen MR) is 129 cm³/mol. The number of aryl methyl sites for hydroxylation is 1. The second kappa shape index (κ2) is 13.6. The number of piperidine rings is 1. The van der Waals surface area contributed by atoms with E-state index in [1.54, 1.807) is 7.11 Å². The summed E-state index contributed by atoms with van der Waals surface area (Å²) in [5.74, 6) is 1.04. The molecule has 0 bridgehead atoms. The molecule has 33 heavy (non-hydrogen) atoms. The fourth-order valence-corrected chi connectivity index (χ4v) is 4.22. The van der Waals surface area contributed by atoms with E-state index in [2.05, 4.69) is 12.1 Å². The molecule has 2 aromatic rings. The number of amides is 2. The number of carbonyl (C=O) groups is 2. The van der Waals surface area contributed by atoms with Gasteiger partial charge in [0.05, 0.1) is 19.6 Å². The Balaban J connectivity index is 1.41. The van der Waals surface area contributed by atoms with Gasteiger partial charge in [0.15, 0.2) is 0 Å². The fourth-order valence-electron chi connectivity index (χ4n) is 4.22. The molecule has 0 atom stereocenters. The second-order valence-electron chi connectivity index (χ2n) is 8.47. The number of likely N-dealkylation sites (tertiary alicyclic amines) is 1. The molecule has 1 aliphatic heterocycles. The van der Waals surface area contributed by atoms with Crippen LogP contribution >= 0.6 is 0 Å². The van der Waals surface area contributed by atoms with Crippen molar-refractivity contribution in [1.29, 1.82) is 0 Å². The second-order valence-corrected chi connectivity index (χ2v) is 8.47. The lowest BCUT2D eigenvalue weighted by Crippen LogP contribution is -2.45. The zero-order valence-corrected chi connectivity index (χ0v) is 19.7. The van der Waals surface area contributed by atoms with Gasteiger partial charge in [-0.15, -0.1) is 0 Å². The number of hydrogen-bond acceptors (Lipinski definition) is 4. The first kappa shape index (κ1) is 24.8. The molecule has 1 aliphatic rings. The first-order chi connectivity index (χ1) is 16.2. The molecule has 1 heterocycles. The van der Waals surface area contributed by atoms with Crippen LogP contribution in [-0.2, 0) is 20.7 Å². The van der Waals surface area contributed by atoms with Crippen molar-refractivity contribution >= 4 is 11.8 Å². The SMILES string of the molecule is COCCN(CCCc1ccccc1)C(=O)C1CCN(C(=O)CCOc2ccccc2)CC1. The highest BCUT2D eigenvalue weighted by atomic mass is 16.5. The Labute approximate surface area is 197 Å². The molecule has 0 aromatic heterocycles. The van der Waals surface area contributed by atoms with Crippen LogP contribution in [0.2, 0.25) is 0 Å². The first-order valence-corrected chi connectivity index (χ1v) is 11.9. The van der Waals surface area contributed by atoms with Crippen molar-refractivity contribution < 1.29 is 19.1 Å². The van der Waals surface area contributed by atoms with Gasteiger partial charge in [0, 0.05) is 39.2 Å². The summed E-state index contributed by atoms with van der Waals surface area (Å²) in [6.07, 6.45) is 3.67. The molecule has 6 nitrogen and oxygen atoms in total. The van der Waals surface area contributed by atoms with Gasteiger partial charge in [-0.3, -0.25) is 9.59 Å². The van der Waals surface area contributed by atoms with Gasteiger partial charge in [-0.1, -0.05) is 48.5 Å². The maximum Gasteiger partial charge on any atom is 0.225 e. The van der Waals surface area contributed by atoms with Crippen LogP contribution in [0.5, 0.6) is 5.75 Å². The van der Waals surface area contributed by atoms with Gasteiger partial charge in [-0.05, 0) is 43.4 Å². The molecule has 178 valence electrons.